The van der Waals surface area contributed by atoms with Gasteiger partial charge in [-0.2, -0.15) is 0 Å². The van der Waals surface area contributed by atoms with Crippen LogP contribution >= 0.6 is 11.3 Å². The summed E-state index contributed by atoms with van der Waals surface area (Å²) in [6.07, 6.45) is 0. The number of nitrogens with zero attached hydrogens (tertiary/aromatic N) is 1. The largest absolute Gasteiger partial charge is 0.494 e. The molecule has 3 aromatic carbocycles. The minimum absolute atomic E-state index is 0.115. The third-order valence-corrected chi connectivity index (χ3v) is 5.32. The average molecular weight is 389 g/mol. The fourth-order valence-corrected chi connectivity index (χ4v) is 4.04. The fourth-order valence-electron chi connectivity index (χ4n) is 3.24. The zero-order chi connectivity index (χ0) is 19.5. The van der Waals surface area contributed by atoms with E-state index in [0.717, 1.165) is 15.8 Å². The summed E-state index contributed by atoms with van der Waals surface area (Å²) in [5.74, 6) is 0.0450. The summed E-state index contributed by atoms with van der Waals surface area (Å²) in [5, 5.41) is 3.50. The topological polar surface area (TPSA) is 77.2 Å². The number of hydrogen-bond donors (Lipinski definition) is 2. The Hall–Kier alpha value is -3.38. The monoisotopic (exact) mass is 389 g/mol. The Labute approximate surface area is 166 Å². The number of carbonyl (C=O) groups is 1. The Morgan fingerprint density at radius 2 is 1.64 bits per heavy atom. The molecule has 0 saturated carbocycles. The van der Waals surface area contributed by atoms with Gasteiger partial charge in [-0.05, 0) is 17.2 Å². The van der Waals surface area contributed by atoms with Crippen LogP contribution in [0.4, 0.5) is 10.8 Å². The summed E-state index contributed by atoms with van der Waals surface area (Å²) in [6, 6.07) is 23.1. The van der Waals surface area contributed by atoms with Gasteiger partial charge in [0.2, 0.25) is 5.91 Å². The first-order chi connectivity index (χ1) is 13.7. The standard InChI is InChI=1S/C22H19N3O2S/c1-27-17-12-16(13-18-20(17)25-22(23)28-18)24-21(26)19(14-8-4-2-5-9-14)15-10-6-3-7-11-15/h2-13,19H,1H3,(H2,23,25)(H,24,26). The average Bonchev–Trinajstić information content (AvgIpc) is 3.09. The summed E-state index contributed by atoms with van der Waals surface area (Å²) in [6.45, 7) is 0. The zero-order valence-corrected chi connectivity index (χ0v) is 16.1. The molecule has 0 saturated heterocycles. The van der Waals surface area contributed by atoms with Gasteiger partial charge in [0.15, 0.2) is 5.13 Å². The molecule has 140 valence electrons. The number of carbonyl (C=O) groups excluding carboxylic acids is 1. The summed E-state index contributed by atoms with van der Waals surface area (Å²) < 4.78 is 6.29. The van der Waals surface area contributed by atoms with E-state index in [0.29, 0.717) is 22.1 Å². The molecule has 0 fully saturated rings. The second-order valence-corrected chi connectivity index (χ2v) is 7.38. The van der Waals surface area contributed by atoms with E-state index in [1.807, 2.05) is 66.7 Å². The number of amides is 1. The molecule has 1 heterocycles. The van der Waals surface area contributed by atoms with Crippen molar-refractivity contribution in [1.29, 1.82) is 0 Å². The number of methoxy groups -OCH3 is 1. The molecule has 0 atom stereocenters. The first-order valence-corrected chi connectivity index (χ1v) is 9.62. The Bertz CT molecular complexity index is 1070. The quantitative estimate of drug-likeness (QED) is 0.520. The van der Waals surface area contributed by atoms with E-state index in [1.54, 1.807) is 13.2 Å². The second-order valence-electron chi connectivity index (χ2n) is 6.32. The van der Waals surface area contributed by atoms with Crippen LogP contribution < -0.4 is 15.8 Å². The van der Waals surface area contributed by atoms with E-state index in [2.05, 4.69) is 10.3 Å². The number of nitrogen functional groups attached to an aromatic ring is 1. The fraction of sp³-hybridized carbons (Fsp3) is 0.0909. The molecule has 0 aliphatic carbocycles. The highest BCUT2D eigenvalue weighted by molar-refractivity contribution is 7.22. The Morgan fingerprint density at radius 1 is 1.04 bits per heavy atom. The number of benzene rings is 3. The third-order valence-electron chi connectivity index (χ3n) is 4.49. The van der Waals surface area contributed by atoms with Gasteiger partial charge in [-0.15, -0.1) is 0 Å². The van der Waals surface area contributed by atoms with E-state index in [4.69, 9.17) is 10.5 Å². The molecule has 4 rings (SSSR count). The summed E-state index contributed by atoms with van der Waals surface area (Å²) in [5.41, 5.74) is 9.04. The number of nitrogens with two attached hydrogens (primary N) is 1. The maximum absolute atomic E-state index is 13.3. The highest BCUT2D eigenvalue weighted by atomic mass is 32.1. The molecule has 0 radical (unpaired) electrons. The second kappa shape index (κ2) is 7.70. The number of nitrogens with one attached hydrogen (secondary N) is 1. The molecule has 0 spiro atoms. The minimum atomic E-state index is -0.421. The lowest BCUT2D eigenvalue weighted by molar-refractivity contribution is -0.116. The van der Waals surface area contributed by atoms with Crippen LogP contribution in [0.15, 0.2) is 72.8 Å². The number of aromatic nitrogens is 1. The van der Waals surface area contributed by atoms with E-state index < -0.39 is 5.92 Å². The molecule has 0 unspecified atom stereocenters. The van der Waals surface area contributed by atoms with Crippen LogP contribution in [0.1, 0.15) is 17.0 Å². The molecule has 4 aromatic rings. The molecule has 0 aliphatic heterocycles. The van der Waals surface area contributed by atoms with Crippen molar-refractivity contribution >= 4 is 38.3 Å². The van der Waals surface area contributed by atoms with Crippen LogP contribution in [0.3, 0.4) is 0 Å². The van der Waals surface area contributed by atoms with Crippen molar-refractivity contribution in [3.05, 3.63) is 83.9 Å². The molecular weight excluding hydrogens is 370 g/mol. The van der Waals surface area contributed by atoms with Crippen molar-refractivity contribution in [1.82, 2.24) is 4.98 Å². The highest BCUT2D eigenvalue weighted by Crippen LogP contribution is 2.35. The van der Waals surface area contributed by atoms with Gasteiger partial charge in [0.05, 0.1) is 17.7 Å². The third kappa shape index (κ3) is 3.54. The van der Waals surface area contributed by atoms with E-state index in [1.165, 1.54) is 11.3 Å². The predicted octanol–water partition coefficient (Wildman–Crippen LogP) is 4.66. The van der Waals surface area contributed by atoms with Crippen molar-refractivity contribution in [3.8, 4) is 5.75 Å². The summed E-state index contributed by atoms with van der Waals surface area (Å²) >= 11 is 1.36. The van der Waals surface area contributed by atoms with Gasteiger partial charge < -0.3 is 15.8 Å². The van der Waals surface area contributed by atoms with Crippen LogP contribution in [-0.4, -0.2) is 18.0 Å². The molecule has 5 nitrogen and oxygen atoms in total. The lowest BCUT2D eigenvalue weighted by atomic mass is 9.90. The van der Waals surface area contributed by atoms with Gasteiger partial charge in [-0.3, -0.25) is 4.79 Å². The molecular formula is C22H19N3O2S. The molecule has 3 N–H and O–H groups in total. The smallest absolute Gasteiger partial charge is 0.236 e. The highest BCUT2D eigenvalue weighted by Gasteiger charge is 2.23. The summed E-state index contributed by atoms with van der Waals surface area (Å²) in [4.78, 5) is 17.6. The van der Waals surface area contributed by atoms with E-state index in [-0.39, 0.29) is 5.91 Å². The van der Waals surface area contributed by atoms with Crippen molar-refractivity contribution < 1.29 is 9.53 Å². The van der Waals surface area contributed by atoms with Crippen LogP contribution in [0.25, 0.3) is 10.2 Å². The number of rotatable bonds is 5. The van der Waals surface area contributed by atoms with Gasteiger partial charge >= 0.3 is 0 Å². The SMILES string of the molecule is COc1cc(NC(=O)C(c2ccccc2)c2ccccc2)cc2sc(N)nc12. The van der Waals surface area contributed by atoms with Gasteiger partial charge in [0.1, 0.15) is 11.3 Å². The lowest BCUT2D eigenvalue weighted by Gasteiger charge is -2.18. The Kier molecular flexibility index (Phi) is 4.95. The van der Waals surface area contributed by atoms with Crippen molar-refractivity contribution in [2.24, 2.45) is 0 Å². The maximum Gasteiger partial charge on any atom is 0.236 e. The van der Waals surface area contributed by atoms with E-state index in [9.17, 15) is 4.79 Å². The van der Waals surface area contributed by atoms with Gasteiger partial charge in [0.25, 0.3) is 0 Å². The van der Waals surface area contributed by atoms with Crippen LogP contribution in [-0.2, 0) is 4.79 Å². The number of hydrogen-bond acceptors (Lipinski definition) is 5. The Balaban J connectivity index is 1.71. The van der Waals surface area contributed by atoms with Gasteiger partial charge in [-0.25, -0.2) is 4.98 Å². The lowest BCUT2D eigenvalue weighted by Crippen LogP contribution is -2.22. The normalized spacial score (nSPS) is 10.9. The molecule has 6 heteroatoms. The van der Waals surface area contributed by atoms with Crippen LogP contribution in [0.2, 0.25) is 0 Å². The number of fused-ring (bicyclic) bond motifs is 1. The van der Waals surface area contributed by atoms with Crippen LogP contribution in [0.5, 0.6) is 5.75 Å². The number of thiazole rings is 1. The molecule has 1 aromatic heterocycles. The first kappa shape index (κ1) is 18.0. The van der Waals surface area contributed by atoms with Crippen LogP contribution in [0, 0.1) is 0 Å². The van der Waals surface area contributed by atoms with E-state index >= 15 is 0 Å². The predicted molar refractivity (Wildman–Crippen MR) is 114 cm³/mol. The molecule has 0 bridgehead atoms. The van der Waals surface area contributed by atoms with Gasteiger partial charge in [0, 0.05) is 11.8 Å². The number of ether oxygens (including phenoxy) is 1. The zero-order valence-electron chi connectivity index (χ0n) is 15.3. The maximum atomic E-state index is 13.3. The Morgan fingerprint density at radius 3 is 2.21 bits per heavy atom. The molecule has 28 heavy (non-hydrogen) atoms. The molecule has 1 amide bonds. The van der Waals surface area contributed by atoms with Crippen molar-refractivity contribution in [2.45, 2.75) is 5.92 Å². The minimum Gasteiger partial charge on any atom is -0.494 e. The summed E-state index contributed by atoms with van der Waals surface area (Å²) in [7, 11) is 1.58. The number of anilines is 2. The van der Waals surface area contributed by atoms with Crippen molar-refractivity contribution in [3.63, 3.8) is 0 Å². The first-order valence-electron chi connectivity index (χ1n) is 8.80. The van der Waals surface area contributed by atoms with Gasteiger partial charge in [-0.1, -0.05) is 72.0 Å². The van der Waals surface area contributed by atoms with Crippen molar-refractivity contribution in [2.75, 3.05) is 18.2 Å². The molecule has 0 aliphatic rings.